The smallest absolute Gasteiger partial charge is 0.508 e. The van der Waals surface area contributed by atoms with E-state index in [9.17, 15) is 23.1 Å². The van der Waals surface area contributed by atoms with Crippen molar-refractivity contribution in [1.82, 2.24) is 10.2 Å². The molecule has 0 unspecified atom stereocenters. The summed E-state index contributed by atoms with van der Waals surface area (Å²) in [5.74, 6) is 0.754. The molecule has 0 atom stereocenters. The summed E-state index contributed by atoms with van der Waals surface area (Å²) in [5.41, 5.74) is 2.04. The molecule has 2 aromatic carbocycles. The highest BCUT2D eigenvalue weighted by Crippen LogP contribution is 2.28. The largest absolute Gasteiger partial charge is 0.573 e. The molecule has 0 bridgehead atoms. The number of aromatic hydroxyl groups is 1. The van der Waals surface area contributed by atoms with Gasteiger partial charge in [-0.1, -0.05) is 12.1 Å². The van der Waals surface area contributed by atoms with Crippen molar-refractivity contribution in [2.24, 2.45) is 11.8 Å². The number of phenols is 1. The minimum atomic E-state index is -4.70. The summed E-state index contributed by atoms with van der Waals surface area (Å²) in [6.07, 6.45) is -0.00785. The Morgan fingerprint density at radius 3 is 2.19 bits per heavy atom. The van der Waals surface area contributed by atoms with Gasteiger partial charge in [0.05, 0.1) is 0 Å². The second-order valence-corrected chi connectivity index (χ2v) is 9.77. The quantitative estimate of drug-likeness (QED) is 0.533. The monoisotopic (exact) mass is 505 g/mol. The van der Waals surface area contributed by atoms with Gasteiger partial charge in [0.1, 0.15) is 11.5 Å². The highest BCUT2D eigenvalue weighted by Gasteiger charge is 2.31. The van der Waals surface area contributed by atoms with Crippen molar-refractivity contribution in [3.63, 3.8) is 0 Å². The number of anilines is 1. The fourth-order valence-corrected chi connectivity index (χ4v) is 5.10. The molecule has 196 valence electrons. The minimum Gasteiger partial charge on any atom is -0.508 e. The van der Waals surface area contributed by atoms with Crippen molar-refractivity contribution in [2.75, 3.05) is 37.6 Å². The summed E-state index contributed by atoms with van der Waals surface area (Å²) in [6, 6.07) is 13.3. The second-order valence-electron chi connectivity index (χ2n) is 9.77. The molecule has 0 radical (unpaired) electrons. The van der Waals surface area contributed by atoms with Crippen molar-refractivity contribution in [3.8, 4) is 11.5 Å². The van der Waals surface area contributed by atoms with Gasteiger partial charge in [-0.15, -0.1) is 13.2 Å². The van der Waals surface area contributed by atoms with Crippen LogP contribution in [0.2, 0.25) is 0 Å². The van der Waals surface area contributed by atoms with E-state index in [1.54, 1.807) is 24.3 Å². The molecule has 2 aliphatic heterocycles. The molecule has 4 rings (SSSR count). The van der Waals surface area contributed by atoms with Crippen molar-refractivity contribution in [2.45, 2.75) is 45.0 Å². The molecule has 0 aromatic heterocycles. The lowest BCUT2D eigenvalue weighted by Gasteiger charge is -2.33. The highest BCUT2D eigenvalue weighted by atomic mass is 19.4. The molecule has 2 N–H and O–H groups in total. The topological polar surface area (TPSA) is 65.0 Å². The molecule has 2 aliphatic rings. The first-order valence-electron chi connectivity index (χ1n) is 12.6. The SMILES string of the molecule is O=C(NCCC1CCN(Cc2ccc(O)cc2)CC1)C1CCN(c2ccc(OC(F)(F)F)cc2)CC1. The first-order chi connectivity index (χ1) is 17.2. The Bertz CT molecular complexity index is 966. The van der Waals surface area contributed by atoms with Crippen molar-refractivity contribution >= 4 is 11.6 Å². The Morgan fingerprint density at radius 1 is 0.944 bits per heavy atom. The van der Waals surface area contributed by atoms with Crippen molar-refractivity contribution in [1.29, 1.82) is 0 Å². The first kappa shape index (κ1) is 26.1. The number of carbonyl (C=O) groups excluding carboxylic acids is 1. The predicted octanol–water partition coefficient (Wildman–Crippen LogP) is 4.93. The van der Waals surface area contributed by atoms with E-state index in [1.165, 1.54) is 17.7 Å². The maximum atomic E-state index is 12.7. The van der Waals surface area contributed by atoms with Crippen LogP contribution < -0.4 is 15.0 Å². The van der Waals surface area contributed by atoms with Gasteiger partial charge in [0, 0.05) is 37.8 Å². The molecular weight excluding hydrogens is 471 g/mol. The fraction of sp³-hybridized carbons (Fsp3) is 0.519. The zero-order valence-electron chi connectivity index (χ0n) is 20.3. The van der Waals surface area contributed by atoms with Crippen LogP contribution >= 0.6 is 0 Å². The van der Waals surface area contributed by atoms with Crippen LogP contribution in [-0.4, -0.2) is 55.0 Å². The van der Waals surface area contributed by atoms with Crippen LogP contribution in [-0.2, 0) is 11.3 Å². The number of halogens is 3. The highest BCUT2D eigenvalue weighted by molar-refractivity contribution is 5.79. The number of nitrogens with one attached hydrogen (secondary N) is 1. The van der Waals surface area contributed by atoms with E-state index in [0.29, 0.717) is 31.3 Å². The maximum absolute atomic E-state index is 12.7. The number of phenolic OH excluding ortho intramolecular Hbond substituents is 1. The molecule has 2 aromatic rings. The van der Waals surface area contributed by atoms with Gasteiger partial charge >= 0.3 is 6.36 Å². The van der Waals surface area contributed by atoms with Gasteiger partial charge in [0.15, 0.2) is 0 Å². The Kier molecular flexibility index (Phi) is 8.61. The third-order valence-corrected chi connectivity index (χ3v) is 7.20. The molecule has 2 fully saturated rings. The van der Waals surface area contributed by atoms with E-state index in [1.807, 2.05) is 12.1 Å². The number of benzene rings is 2. The summed E-state index contributed by atoms with van der Waals surface area (Å²) < 4.78 is 40.9. The van der Waals surface area contributed by atoms with Crippen LogP contribution in [0.25, 0.3) is 0 Å². The number of ether oxygens (including phenoxy) is 1. The number of amides is 1. The zero-order valence-corrected chi connectivity index (χ0v) is 20.3. The van der Waals surface area contributed by atoms with E-state index >= 15 is 0 Å². The van der Waals surface area contributed by atoms with Crippen molar-refractivity contribution < 1.29 is 27.8 Å². The number of rotatable bonds is 8. The Labute approximate surface area is 210 Å². The van der Waals surface area contributed by atoms with Gasteiger partial charge < -0.3 is 20.1 Å². The van der Waals surface area contributed by atoms with Crippen LogP contribution in [0.1, 0.15) is 37.7 Å². The fourth-order valence-electron chi connectivity index (χ4n) is 5.10. The lowest BCUT2D eigenvalue weighted by Crippen LogP contribution is -2.41. The van der Waals surface area contributed by atoms with E-state index in [2.05, 4.69) is 19.9 Å². The molecule has 0 aliphatic carbocycles. The molecule has 6 nitrogen and oxygen atoms in total. The van der Waals surface area contributed by atoms with Gasteiger partial charge in [0.25, 0.3) is 0 Å². The molecule has 2 saturated heterocycles. The molecular formula is C27H34F3N3O3. The van der Waals surface area contributed by atoms with Crippen LogP contribution in [0.5, 0.6) is 11.5 Å². The van der Waals surface area contributed by atoms with Gasteiger partial charge in [-0.25, -0.2) is 0 Å². The normalized spacial score (nSPS) is 18.2. The van der Waals surface area contributed by atoms with E-state index < -0.39 is 6.36 Å². The number of piperidine rings is 2. The first-order valence-corrected chi connectivity index (χ1v) is 12.6. The number of nitrogens with zero attached hydrogens (tertiary/aromatic N) is 2. The zero-order chi connectivity index (χ0) is 25.5. The van der Waals surface area contributed by atoms with E-state index in [0.717, 1.165) is 57.4 Å². The lowest BCUT2D eigenvalue weighted by molar-refractivity contribution is -0.274. The van der Waals surface area contributed by atoms with Crippen LogP contribution in [0.15, 0.2) is 48.5 Å². The number of hydrogen-bond donors (Lipinski definition) is 2. The van der Waals surface area contributed by atoms with Crippen molar-refractivity contribution in [3.05, 3.63) is 54.1 Å². The predicted molar refractivity (Wildman–Crippen MR) is 132 cm³/mol. The third kappa shape index (κ3) is 7.78. The van der Waals surface area contributed by atoms with Gasteiger partial charge in [0.2, 0.25) is 5.91 Å². The number of hydrogen-bond acceptors (Lipinski definition) is 5. The van der Waals surface area contributed by atoms with Gasteiger partial charge in [-0.3, -0.25) is 9.69 Å². The molecule has 36 heavy (non-hydrogen) atoms. The average Bonchev–Trinajstić information content (AvgIpc) is 2.86. The summed E-state index contributed by atoms with van der Waals surface area (Å²) in [5, 5.41) is 12.5. The van der Waals surface area contributed by atoms with Crippen LogP contribution in [0.3, 0.4) is 0 Å². The van der Waals surface area contributed by atoms with E-state index in [4.69, 9.17) is 0 Å². The summed E-state index contributed by atoms with van der Waals surface area (Å²) >= 11 is 0. The number of likely N-dealkylation sites (tertiary alicyclic amines) is 1. The lowest BCUT2D eigenvalue weighted by atomic mass is 9.92. The second kappa shape index (κ2) is 11.9. The maximum Gasteiger partial charge on any atom is 0.573 e. The Balaban J connectivity index is 1.11. The van der Waals surface area contributed by atoms with Crippen LogP contribution in [0, 0.1) is 11.8 Å². The Hall–Kier alpha value is -2.94. The van der Waals surface area contributed by atoms with Gasteiger partial charge in [-0.05, 0) is 93.1 Å². The molecule has 9 heteroatoms. The summed E-state index contributed by atoms with van der Waals surface area (Å²) in [6.45, 7) is 5.06. The molecule has 0 saturated carbocycles. The van der Waals surface area contributed by atoms with E-state index in [-0.39, 0.29) is 17.6 Å². The van der Waals surface area contributed by atoms with Gasteiger partial charge in [-0.2, -0.15) is 0 Å². The summed E-state index contributed by atoms with van der Waals surface area (Å²) in [7, 11) is 0. The minimum absolute atomic E-state index is 0.0266. The Morgan fingerprint density at radius 2 is 1.58 bits per heavy atom. The molecule has 1 amide bonds. The molecule has 0 spiro atoms. The summed E-state index contributed by atoms with van der Waals surface area (Å²) in [4.78, 5) is 17.2. The third-order valence-electron chi connectivity index (χ3n) is 7.20. The number of carbonyl (C=O) groups is 1. The number of alkyl halides is 3. The standard InChI is InChI=1S/C27H34F3N3O3/c28-27(29,30)36-25-7-3-23(4-8-25)33-17-12-22(13-18-33)26(35)31-14-9-20-10-15-32(16-11-20)19-21-1-5-24(34)6-2-21/h1-8,20,22,34H,9-19H2,(H,31,35). The molecule has 2 heterocycles. The van der Waals surface area contributed by atoms with Crippen LogP contribution in [0.4, 0.5) is 18.9 Å². The average molecular weight is 506 g/mol.